The van der Waals surface area contributed by atoms with Crippen molar-refractivity contribution < 1.29 is 13.2 Å². The molecule has 8 heteroatoms. The fourth-order valence-electron chi connectivity index (χ4n) is 3.94. The van der Waals surface area contributed by atoms with Crippen molar-refractivity contribution in [1.29, 1.82) is 0 Å². The van der Waals surface area contributed by atoms with Gasteiger partial charge < -0.3 is 5.32 Å². The molecule has 30 heavy (non-hydrogen) atoms. The summed E-state index contributed by atoms with van der Waals surface area (Å²) in [6.07, 6.45) is 2.01. The van der Waals surface area contributed by atoms with Crippen molar-refractivity contribution in [3.63, 3.8) is 0 Å². The van der Waals surface area contributed by atoms with Gasteiger partial charge in [-0.25, -0.2) is 8.42 Å². The highest BCUT2D eigenvalue weighted by atomic mass is 32.2. The molecule has 1 N–H and O–H groups in total. The number of aromatic nitrogens is 2. The summed E-state index contributed by atoms with van der Waals surface area (Å²) in [7, 11) is -3.57. The standard InChI is InChI=1S/C22H32N4O3S/c1-16-8-11-25(12-9-16)30(28,29)22-18(3)24-26(19(22)4)13-10-21(27)23-15-20-7-5-6-17(2)14-20/h5-7,14,16H,8-13,15H2,1-4H3,(H,23,27). The van der Waals surface area contributed by atoms with Crippen LogP contribution in [0, 0.1) is 26.7 Å². The van der Waals surface area contributed by atoms with Gasteiger partial charge in [0.05, 0.1) is 17.9 Å². The van der Waals surface area contributed by atoms with E-state index in [4.69, 9.17) is 0 Å². The summed E-state index contributed by atoms with van der Waals surface area (Å²) in [6, 6.07) is 8.01. The van der Waals surface area contributed by atoms with E-state index >= 15 is 0 Å². The third-order valence-corrected chi connectivity index (χ3v) is 7.93. The van der Waals surface area contributed by atoms with E-state index < -0.39 is 10.0 Å². The molecule has 0 aliphatic carbocycles. The fraction of sp³-hybridized carbons (Fsp3) is 0.545. The van der Waals surface area contributed by atoms with Crippen LogP contribution >= 0.6 is 0 Å². The second-order valence-electron chi connectivity index (χ2n) is 8.33. The number of rotatable bonds is 7. The molecule has 1 aliphatic rings. The number of amides is 1. The Kier molecular flexibility index (Phi) is 6.98. The van der Waals surface area contributed by atoms with Crippen molar-refractivity contribution in [3.05, 3.63) is 46.8 Å². The van der Waals surface area contributed by atoms with Gasteiger partial charge in [0.25, 0.3) is 0 Å². The van der Waals surface area contributed by atoms with Crippen molar-refractivity contribution in [1.82, 2.24) is 19.4 Å². The summed E-state index contributed by atoms with van der Waals surface area (Å²) >= 11 is 0. The van der Waals surface area contributed by atoms with Crippen LogP contribution in [0.5, 0.6) is 0 Å². The Labute approximate surface area is 179 Å². The first-order valence-corrected chi connectivity index (χ1v) is 12.0. The van der Waals surface area contributed by atoms with E-state index in [-0.39, 0.29) is 17.2 Å². The maximum absolute atomic E-state index is 13.2. The number of benzene rings is 1. The van der Waals surface area contributed by atoms with Crippen LogP contribution in [0.4, 0.5) is 0 Å². The minimum Gasteiger partial charge on any atom is -0.352 e. The van der Waals surface area contributed by atoms with Crippen LogP contribution in [-0.2, 0) is 27.9 Å². The minimum absolute atomic E-state index is 0.0847. The predicted molar refractivity (Wildman–Crippen MR) is 117 cm³/mol. The molecule has 1 aromatic carbocycles. The number of hydrogen-bond acceptors (Lipinski definition) is 4. The molecule has 1 aliphatic heterocycles. The number of nitrogens with one attached hydrogen (secondary N) is 1. The van der Waals surface area contributed by atoms with Gasteiger partial charge in [-0.05, 0) is 45.1 Å². The van der Waals surface area contributed by atoms with Crippen LogP contribution in [0.1, 0.15) is 48.7 Å². The lowest BCUT2D eigenvalue weighted by atomic mass is 10.0. The summed E-state index contributed by atoms with van der Waals surface area (Å²) < 4.78 is 29.5. The number of nitrogens with zero attached hydrogens (tertiary/aromatic N) is 3. The van der Waals surface area contributed by atoms with Gasteiger partial charge in [-0.1, -0.05) is 36.8 Å². The topological polar surface area (TPSA) is 84.3 Å². The van der Waals surface area contributed by atoms with E-state index in [1.807, 2.05) is 31.2 Å². The molecule has 0 bridgehead atoms. The summed E-state index contributed by atoms with van der Waals surface area (Å²) in [6.45, 7) is 9.59. The van der Waals surface area contributed by atoms with E-state index in [0.717, 1.165) is 24.0 Å². The van der Waals surface area contributed by atoms with E-state index in [1.165, 1.54) is 0 Å². The van der Waals surface area contributed by atoms with Gasteiger partial charge in [-0.15, -0.1) is 0 Å². The average Bonchev–Trinajstić information content (AvgIpc) is 2.99. The minimum atomic E-state index is -3.57. The molecular weight excluding hydrogens is 400 g/mol. The van der Waals surface area contributed by atoms with Gasteiger partial charge in [-0.3, -0.25) is 9.48 Å². The van der Waals surface area contributed by atoms with Crippen molar-refractivity contribution in [2.45, 2.75) is 64.9 Å². The number of carbonyl (C=O) groups excluding carboxylic acids is 1. The van der Waals surface area contributed by atoms with Crippen molar-refractivity contribution in [2.75, 3.05) is 13.1 Å². The van der Waals surface area contributed by atoms with E-state index in [9.17, 15) is 13.2 Å². The first kappa shape index (κ1) is 22.5. The smallest absolute Gasteiger partial charge is 0.246 e. The molecule has 1 saturated heterocycles. The quantitative estimate of drug-likeness (QED) is 0.729. The van der Waals surface area contributed by atoms with E-state index in [0.29, 0.717) is 43.5 Å². The summed E-state index contributed by atoms with van der Waals surface area (Å²) in [5.41, 5.74) is 3.30. The van der Waals surface area contributed by atoms with Crippen molar-refractivity contribution in [3.8, 4) is 0 Å². The van der Waals surface area contributed by atoms with Gasteiger partial charge in [0.1, 0.15) is 4.90 Å². The van der Waals surface area contributed by atoms with Crippen molar-refractivity contribution >= 4 is 15.9 Å². The number of hydrogen-bond donors (Lipinski definition) is 1. The molecule has 2 aromatic rings. The zero-order valence-corrected chi connectivity index (χ0v) is 19.1. The van der Waals surface area contributed by atoms with Gasteiger partial charge in [0.15, 0.2) is 0 Å². The maximum atomic E-state index is 13.2. The Bertz CT molecular complexity index is 1010. The second kappa shape index (κ2) is 9.31. The molecule has 0 atom stereocenters. The van der Waals surface area contributed by atoms with E-state index in [2.05, 4.69) is 17.3 Å². The SMILES string of the molecule is Cc1cccc(CNC(=O)CCn2nc(C)c(S(=O)(=O)N3CCC(C)CC3)c2C)c1. The van der Waals surface area contributed by atoms with Crippen LogP contribution in [0.2, 0.25) is 0 Å². The van der Waals surface area contributed by atoms with Crippen LogP contribution in [0.25, 0.3) is 0 Å². The molecule has 2 heterocycles. The van der Waals surface area contributed by atoms with E-state index in [1.54, 1.807) is 22.8 Å². The highest BCUT2D eigenvalue weighted by molar-refractivity contribution is 7.89. The van der Waals surface area contributed by atoms with Crippen LogP contribution in [0.15, 0.2) is 29.2 Å². The first-order valence-electron chi connectivity index (χ1n) is 10.5. The maximum Gasteiger partial charge on any atom is 0.246 e. The molecule has 1 amide bonds. The molecule has 1 fully saturated rings. The zero-order chi connectivity index (χ0) is 21.9. The normalized spacial score (nSPS) is 16.0. The first-order chi connectivity index (χ1) is 14.2. The zero-order valence-electron chi connectivity index (χ0n) is 18.3. The third-order valence-electron chi connectivity index (χ3n) is 5.78. The molecule has 7 nitrogen and oxygen atoms in total. The van der Waals surface area contributed by atoms with Crippen LogP contribution in [0.3, 0.4) is 0 Å². The van der Waals surface area contributed by atoms with Gasteiger partial charge in [0, 0.05) is 26.1 Å². The Hall–Kier alpha value is -2.19. The fourth-order valence-corrected chi connectivity index (χ4v) is 5.79. The number of aryl methyl sites for hydroxylation is 3. The Morgan fingerprint density at radius 1 is 1.20 bits per heavy atom. The molecule has 0 spiro atoms. The summed E-state index contributed by atoms with van der Waals surface area (Å²) in [4.78, 5) is 12.6. The summed E-state index contributed by atoms with van der Waals surface area (Å²) in [5, 5.41) is 7.34. The van der Waals surface area contributed by atoms with Crippen LogP contribution in [-0.4, -0.2) is 41.5 Å². The van der Waals surface area contributed by atoms with Crippen LogP contribution < -0.4 is 5.32 Å². The van der Waals surface area contributed by atoms with Gasteiger partial charge >= 0.3 is 0 Å². The number of sulfonamides is 1. The summed E-state index contributed by atoms with van der Waals surface area (Å²) in [5.74, 6) is 0.471. The monoisotopic (exact) mass is 432 g/mol. The van der Waals surface area contributed by atoms with Gasteiger partial charge in [-0.2, -0.15) is 9.40 Å². The Balaban J connectivity index is 1.63. The van der Waals surface area contributed by atoms with Gasteiger partial charge in [0.2, 0.25) is 15.9 Å². The lowest BCUT2D eigenvalue weighted by molar-refractivity contribution is -0.121. The second-order valence-corrected chi connectivity index (χ2v) is 10.2. The molecule has 3 rings (SSSR count). The highest BCUT2D eigenvalue weighted by Crippen LogP contribution is 2.27. The van der Waals surface area contributed by atoms with Crippen molar-refractivity contribution in [2.24, 2.45) is 5.92 Å². The number of piperidine rings is 1. The predicted octanol–water partition coefficient (Wildman–Crippen LogP) is 2.94. The molecule has 0 unspecified atom stereocenters. The molecule has 0 saturated carbocycles. The lowest BCUT2D eigenvalue weighted by Gasteiger charge is -2.29. The number of carbonyl (C=O) groups is 1. The highest BCUT2D eigenvalue weighted by Gasteiger charge is 2.32. The Morgan fingerprint density at radius 3 is 2.57 bits per heavy atom. The molecule has 1 aromatic heterocycles. The largest absolute Gasteiger partial charge is 0.352 e. The third kappa shape index (κ3) is 5.10. The molecule has 0 radical (unpaired) electrons. The average molecular weight is 433 g/mol. The molecular formula is C22H32N4O3S. The lowest BCUT2D eigenvalue weighted by Crippen LogP contribution is -2.38. The Morgan fingerprint density at radius 2 is 1.90 bits per heavy atom. The molecule has 164 valence electrons.